The SMILES string of the molecule is CCC(C)CCCCCCCCCCCCCC(=O)O.O=C(O)CCCCCCCCCCCBr.[Br-].[CH2-]CC(C)CC.[Mg+2]. The Morgan fingerprint density at radius 3 is 1.07 bits per heavy atom. The number of carbonyl (C=O) groups is 2. The molecule has 256 valence electrons. The molecule has 0 aromatic rings. The van der Waals surface area contributed by atoms with E-state index in [2.05, 4.69) is 50.5 Å². The first kappa shape index (κ1) is 53.2. The molecule has 0 heterocycles. The molecule has 0 spiro atoms. The van der Waals surface area contributed by atoms with Crippen molar-refractivity contribution in [2.45, 2.75) is 195 Å². The van der Waals surface area contributed by atoms with Gasteiger partial charge in [-0.3, -0.25) is 9.59 Å². The van der Waals surface area contributed by atoms with Crippen LogP contribution in [0.4, 0.5) is 0 Å². The Morgan fingerprint density at radius 2 is 0.837 bits per heavy atom. The molecule has 2 atom stereocenters. The fourth-order valence-electron chi connectivity index (χ4n) is 4.38. The molecule has 0 amide bonds. The molecule has 2 N–H and O–H groups in total. The van der Waals surface area contributed by atoms with E-state index in [0.717, 1.165) is 49.3 Å². The average molecular weight is 753 g/mol. The largest absolute Gasteiger partial charge is 2.00 e. The average Bonchev–Trinajstić information content (AvgIpc) is 2.96. The minimum absolute atomic E-state index is 0. The minimum Gasteiger partial charge on any atom is -1.00 e. The van der Waals surface area contributed by atoms with E-state index in [1.807, 2.05) is 0 Å². The van der Waals surface area contributed by atoms with Crippen molar-refractivity contribution in [2.75, 3.05) is 5.33 Å². The molecule has 7 heteroatoms. The molecule has 0 rings (SSSR count). The number of hydrogen-bond acceptors (Lipinski definition) is 2. The number of aliphatic carboxylic acids is 2. The number of carboxylic acid groups (broad SMARTS) is 2. The van der Waals surface area contributed by atoms with Crippen molar-refractivity contribution in [1.29, 1.82) is 0 Å². The Labute approximate surface area is 304 Å². The van der Waals surface area contributed by atoms with E-state index in [0.29, 0.717) is 12.8 Å². The Kier molecular flexibility index (Phi) is 58.2. The van der Waals surface area contributed by atoms with Crippen LogP contribution in [0.5, 0.6) is 0 Å². The molecule has 4 nitrogen and oxygen atoms in total. The third-order valence-electron chi connectivity index (χ3n) is 8.00. The molecule has 0 aromatic carbocycles. The van der Waals surface area contributed by atoms with Crippen LogP contribution in [0.25, 0.3) is 0 Å². The summed E-state index contributed by atoms with van der Waals surface area (Å²) in [5.41, 5.74) is 0. The van der Waals surface area contributed by atoms with Crippen LogP contribution in [-0.2, 0) is 9.59 Å². The summed E-state index contributed by atoms with van der Waals surface area (Å²) in [4.78, 5) is 20.6. The third kappa shape index (κ3) is 58.7. The van der Waals surface area contributed by atoms with E-state index >= 15 is 0 Å². The normalized spacial score (nSPS) is 11.5. The van der Waals surface area contributed by atoms with Gasteiger partial charge in [-0.05, 0) is 25.2 Å². The van der Waals surface area contributed by atoms with Gasteiger partial charge in [0, 0.05) is 18.2 Å². The van der Waals surface area contributed by atoms with Gasteiger partial charge in [0.05, 0.1) is 0 Å². The third-order valence-corrected chi connectivity index (χ3v) is 8.56. The number of hydrogen-bond donors (Lipinski definition) is 2. The van der Waals surface area contributed by atoms with Crippen molar-refractivity contribution in [3.63, 3.8) is 0 Å². The van der Waals surface area contributed by atoms with Gasteiger partial charge in [-0.2, -0.15) is 6.42 Å². The first-order valence-electron chi connectivity index (χ1n) is 17.5. The van der Waals surface area contributed by atoms with Gasteiger partial charge in [0.2, 0.25) is 0 Å². The predicted molar refractivity (Wildman–Crippen MR) is 190 cm³/mol. The van der Waals surface area contributed by atoms with Crippen LogP contribution in [-0.4, -0.2) is 50.5 Å². The second-order valence-corrected chi connectivity index (χ2v) is 12.9. The van der Waals surface area contributed by atoms with Crippen LogP contribution in [0, 0.1) is 18.8 Å². The monoisotopic (exact) mass is 750 g/mol. The smallest absolute Gasteiger partial charge is 1.00 e. The first-order chi connectivity index (χ1) is 19.7. The number of halogens is 2. The summed E-state index contributed by atoms with van der Waals surface area (Å²) >= 11 is 3.42. The molecule has 0 fully saturated rings. The number of carboxylic acids is 2. The summed E-state index contributed by atoms with van der Waals surface area (Å²) in [5.74, 6) is 0.421. The van der Waals surface area contributed by atoms with Crippen molar-refractivity contribution < 1.29 is 36.8 Å². The van der Waals surface area contributed by atoms with Crippen LogP contribution in [0.2, 0.25) is 0 Å². The van der Waals surface area contributed by atoms with Crippen LogP contribution < -0.4 is 17.0 Å². The zero-order chi connectivity index (χ0) is 31.4. The maximum atomic E-state index is 10.3. The van der Waals surface area contributed by atoms with Gasteiger partial charge in [0.1, 0.15) is 0 Å². The van der Waals surface area contributed by atoms with E-state index in [-0.39, 0.29) is 40.0 Å². The van der Waals surface area contributed by atoms with Gasteiger partial charge in [0.25, 0.3) is 0 Å². The van der Waals surface area contributed by atoms with Crippen LogP contribution in [0.15, 0.2) is 0 Å². The maximum Gasteiger partial charge on any atom is 2.00 e. The van der Waals surface area contributed by atoms with E-state index < -0.39 is 11.9 Å². The predicted octanol–water partition coefficient (Wildman–Crippen LogP) is 9.44. The van der Waals surface area contributed by atoms with Crippen LogP contribution in [0.3, 0.4) is 0 Å². The second kappa shape index (κ2) is 47.1. The summed E-state index contributed by atoms with van der Waals surface area (Å²) in [6, 6.07) is 0. The Bertz CT molecular complexity index is 519. The Hall–Kier alpha value is 0.666. The summed E-state index contributed by atoms with van der Waals surface area (Å²) in [5, 5.41) is 18.1. The van der Waals surface area contributed by atoms with Gasteiger partial charge >= 0.3 is 35.0 Å². The Morgan fingerprint density at radius 1 is 0.558 bits per heavy atom. The summed E-state index contributed by atoms with van der Waals surface area (Å²) in [6.07, 6.45) is 31.0. The first-order valence-corrected chi connectivity index (χ1v) is 18.7. The van der Waals surface area contributed by atoms with Crippen molar-refractivity contribution >= 4 is 50.9 Å². The van der Waals surface area contributed by atoms with Crippen molar-refractivity contribution in [1.82, 2.24) is 0 Å². The molecule has 0 aliphatic rings. The van der Waals surface area contributed by atoms with Crippen molar-refractivity contribution in [3.05, 3.63) is 6.92 Å². The number of alkyl halides is 1. The quantitative estimate of drug-likeness (QED) is 0.0362. The topological polar surface area (TPSA) is 74.6 Å². The molecule has 43 heavy (non-hydrogen) atoms. The van der Waals surface area contributed by atoms with E-state index in [4.69, 9.17) is 10.2 Å². The van der Waals surface area contributed by atoms with Crippen molar-refractivity contribution in [2.24, 2.45) is 11.8 Å². The number of unbranched alkanes of at least 4 members (excludes halogenated alkanes) is 18. The number of rotatable bonds is 28. The molecule has 0 radical (unpaired) electrons. The molecule has 0 aliphatic heterocycles. The van der Waals surface area contributed by atoms with E-state index in [9.17, 15) is 9.59 Å². The minimum atomic E-state index is -0.662. The summed E-state index contributed by atoms with van der Waals surface area (Å²) in [6.45, 7) is 12.8. The molecule has 0 aromatic heterocycles. The fourth-order valence-corrected chi connectivity index (χ4v) is 4.77. The van der Waals surface area contributed by atoms with Gasteiger partial charge in [-0.1, -0.05) is 178 Å². The van der Waals surface area contributed by atoms with Gasteiger partial charge in [0.15, 0.2) is 0 Å². The van der Waals surface area contributed by atoms with Gasteiger partial charge in [-0.25, -0.2) is 0 Å². The summed E-state index contributed by atoms with van der Waals surface area (Å²) < 4.78 is 0. The summed E-state index contributed by atoms with van der Waals surface area (Å²) in [7, 11) is 0. The molecular weight excluding hydrogens is 681 g/mol. The van der Waals surface area contributed by atoms with E-state index in [1.54, 1.807) is 0 Å². The molecule has 2 unspecified atom stereocenters. The molecular formula is C36H72Br2MgO4. The zero-order valence-electron chi connectivity index (χ0n) is 29.1. The molecule has 0 aliphatic carbocycles. The van der Waals surface area contributed by atoms with Crippen molar-refractivity contribution in [3.8, 4) is 0 Å². The zero-order valence-corrected chi connectivity index (χ0v) is 33.7. The van der Waals surface area contributed by atoms with Gasteiger partial charge in [-0.15, -0.1) is 0 Å². The second-order valence-electron chi connectivity index (χ2n) is 12.2. The van der Waals surface area contributed by atoms with Gasteiger partial charge < -0.3 is 34.1 Å². The molecule has 0 saturated heterocycles. The van der Waals surface area contributed by atoms with Crippen LogP contribution >= 0.6 is 15.9 Å². The molecule has 0 saturated carbocycles. The Balaban J connectivity index is -0.000000185. The van der Waals surface area contributed by atoms with Crippen LogP contribution in [0.1, 0.15) is 195 Å². The fraction of sp³-hybridized carbons (Fsp3) is 0.917. The standard InChI is InChI=1S/C18H36O2.C12H23BrO2.C6H13.BrH.Mg/c1-3-17(2)15-13-11-9-7-5-4-6-8-10-12-14-16-18(19)20;13-11-9-7-5-3-1-2-4-6-8-10-12(14)15;1-4-6(3)5-2;;/h17H,3-16H2,1-2H3,(H,19,20);1-11H2,(H,14,15);6H,1,4-5H2,2-3H3;1H;/q;;-1;;+2/p-1. The maximum absolute atomic E-state index is 10.3. The molecule has 0 bridgehead atoms. The van der Waals surface area contributed by atoms with E-state index in [1.165, 1.54) is 122 Å².